The Hall–Kier alpha value is -3.59. The van der Waals surface area contributed by atoms with Crippen LogP contribution in [0.25, 0.3) is 5.52 Å². The van der Waals surface area contributed by atoms with Crippen LogP contribution in [0.1, 0.15) is 40.5 Å². The molecule has 0 radical (unpaired) electrons. The van der Waals surface area contributed by atoms with Crippen molar-refractivity contribution in [1.29, 1.82) is 0 Å². The number of nitrogen functional groups attached to an aromatic ring is 1. The van der Waals surface area contributed by atoms with Crippen LogP contribution in [0.5, 0.6) is 0 Å². The molecule has 3 aromatic rings. The fourth-order valence-corrected chi connectivity index (χ4v) is 3.94. The van der Waals surface area contributed by atoms with E-state index in [1.54, 1.807) is 11.1 Å². The van der Waals surface area contributed by atoms with E-state index < -0.39 is 0 Å². The summed E-state index contributed by atoms with van der Waals surface area (Å²) in [6, 6.07) is 6.22. The van der Waals surface area contributed by atoms with Crippen molar-refractivity contribution in [3.05, 3.63) is 71.5 Å². The third kappa shape index (κ3) is 3.59. The van der Waals surface area contributed by atoms with Gasteiger partial charge in [-0.25, -0.2) is 9.97 Å². The Morgan fingerprint density at radius 2 is 2.03 bits per heavy atom. The second-order valence-corrected chi connectivity index (χ2v) is 7.45. The SMILES string of the molecule is C=CC(=O)N1CCC(c2nc(C#Cc3cc(C)cc(C)c3)c3c(N)nccn23)C1. The van der Waals surface area contributed by atoms with E-state index in [0.29, 0.717) is 30.1 Å². The first kappa shape index (κ1) is 18.8. The highest BCUT2D eigenvalue weighted by Gasteiger charge is 2.30. The Balaban J connectivity index is 1.76. The number of amides is 1. The van der Waals surface area contributed by atoms with Gasteiger partial charge in [-0.05, 0) is 55.5 Å². The smallest absolute Gasteiger partial charge is 0.245 e. The molecule has 1 aliphatic rings. The van der Waals surface area contributed by atoms with E-state index >= 15 is 0 Å². The minimum atomic E-state index is -0.0515. The second kappa shape index (κ2) is 7.44. The van der Waals surface area contributed by atoms with E-state index in [2.05, 4.69) is 55.5 Å². The van der Waals surface area contributed by atoms with E-state index in [1.807, 2.05) is 10.6 Å². The lowest BCUT2D eigenvalue weighted by atomic mass is 10.1. The maximum absolute atomic E-state index is 12.0. The quantitative estimate of drug-likeness (QED) is 0.544. The number of aryl methyl sites for hydroxylation is 2. The van der Waals surface area contributed by atoms with Crippen LogP contribution in [-0.2, 0) is 4.79 Å². The number of hydrogen-bond donors (Lipinski definition) is 1. The molecule has 1 unspecified atom stereocenters. The number of likely N-dealkylation sites (tertiary alicyclic amines) is 1. The van der Waals surface area contributed by atoms with Gasteiger partial charge in [0, 0.05) is 37.0 Å². The summed E-state index contributed by atoms with van der Waals surface area (Å²) in [6.45, 7) is 8.99. The summed E-state index contributed by atoms with van der Waals surface area (Å²) < 4.78 is 1.96. The van der Waals surface area contributed by atoms with Crippen molar-refractivity contribution >= 4 is 17.2 Å². The van der Waals surface area contributed by atoms with E-state index in [4.69, 9.17) is 10.7 Å². The maximum Gasteiger partial charge on any atom is 0.245 e. The Morgan fingerprint density at radius 3 is 2.76 bits per heavy atom. The van der Waals surface area contributed by atoms with Crippen LogP contribution in [0, 0.1) is 25.7 Å². The van der Waals surface area contributed by atoms with Crippen LogP contribution in [0.4, 0.5) is 5.82 Å². The van der Waals surface area contributed by atoms with Crippen LogP contribution >= 0.6 is 0 Å². The van der Waals surface area contributed by atoms with Gasteiger partial charge in [-0.3, -0.25) is 9.20 Å². The van der Waals surface area contributed by atoms with E-state index in [1.165, 1.54) is 17.2 Å². The molecule has 146 valence electrons. The first-order valence-electron chi connectivity index (χ1n) is 9.60. The zero-order chi connectivity index (χ0) is 20.5. The van der Waals surface area contributed by atoms with Crippen molar-refractivity contribution in [1.82, 2.24) is 19.3 Å². The fraction of sp³-hybridized carbons (Fsp3) is 0.261. The number of nitrogens with zero attached hydrogens (tertiary/aromatic N) is 4. The lowest BCUT2D eigenvalue weighted by Gasteiger charge is -2.13. The molecule has 0 bridgehead atoms. The molecule has 2 N–H and O–H groups in total. The maximum atomic E-state index is 12.0. The molecule has 1 saturated heterocycles. The number of hydrogen-bond acceptors (Lipinski definition) is 4. The Kier molecular flexibility index (Phi) is 4.81. The Bertz CT molecular complexity index is 1160. The molecule has 1 atom stereocenters. The van der Waals surface area contributed by atoms with Crippen LogP contribution in [0.3, 0.4) is 0 Å². The predicted octanol–water partition coefficient (Wildman–Crippen LogP) is 2.83. The highest BCUT2D eigenvalue weighted by atomic mass is 16.2. The average molecular weight is 385 g/mol. The molecular formula is C23H23N5O. The summed E-state index contributed by atoms with van der Waals surface area (Å²) in [5.74, 6) is 7.72. The zero-order valence-corrected chi connectivity index (χ0v) is 16.6. The molecule has 0 saturated carbocycles. The average Bonchev–Trinajstić information content (AvgIpc) is 3.30. The number of rotatable bonds is 2. The summed E-state index contributed by atoms with van der Waals surface area (Å²) in [5, 5.41) is 0. The summed E-state index contributed by atoms with van der Waals surface area (Å²) in [6.07, 6.45) is 5.71. The highest BCUT2D eigenvalue weighted by Crippen LogP contribution is 2.29. The molecule has 3 heterocycles. The van der Waals surface area contributed by atoms with Crippen LogP contribution < -0.4 is 5.73 Å². The van der Waals surface area contributed by atoms with Crippen molar-refractivity contribution in [3.8, 4) is 11.8 Å². The van der Waals surface area contributed by atoms with Gasteiger partial charge in [-0.15, -0.1) is 0 Å². The van der Waals surface area contributed by atoms with E-state index in [-0.39, 0.29) is 11.8 Å². The molecule has 1 aromatic carbocycles. The van der Waals surface area contributed by atoms with Gasteiger partial charge in [0.25, 0.3) is 0 Å². The third-order valence-electron chi connectivity index (χ3n) is 5.20. The number of carbonyl (C=O) groups is 1. The van der Waals surface area contributed by atoms with Gasteiger partial charge in [0.2, 0.25) is 5.91 Å². The molecule has 2 aromatic heterocycles. The number of aromatic nitrogens is 3. The van der Waals surface area contributed by atoms with Crippen LogP contribution in [-0.4, -0.2) is 38.3 Å². The summed E-state index contributed by atoms with van der Waals surface area (Å²) in [4.78, 5) is 22.8. The Labute approximate surface area is 170 Å². The first-order valence-corrected chi connectivity index (χ1v) is 9.60. The van der Waals surface area contributed by atoms with E-state index in [9.17, 15) is 4.79 Å². The number of fused-ring (bicyclic) bond motifs is 1. The number of benzene rings is 1. The zero-order valence-electron chi connectivity index (χ0n) is 16.6. The highest BCUT2D eigenvalue weighted by molar-refractivity contribution is 5.87. The standard InChI is InChI=1S/C23H23N5O/c1-4-20(29)27-9-7-18(14-27)23-26-19(21-22(24)25-8-10-28(21)23)6-5-17-12-15(2)11-16(3)13-17/h4,8,10-13,18H,1,7,9,14H2,2-3H3,(H2,24,25). The van der Waals surface area contributed by atoms with E-state index in [0.717, 1.165) is 17.8 Å². The van der Waals surface area contributed by atoms with Gasteiger partial charge in [-0.2, -0.15) is 0 Å². The summed E-state index contributed by atoms with van der Waals surface area (Å²) >= 11 is 0. The lowest BCUT2D eigenvalue weighted by molar-refractivity contribution is -0.125. The minimum absolute atomic E-state index is 0.0515. The van der Waals surface area contributed by atoms with Crippen molar-refractivity contribution in [2.45, 2.75) is 26.2 Å². The predicted molar refractivity (Wildman–Crippen MR) is 113 cm³/mol. The number of imidazole rings is 1. The van der Waals surface area contributed by atoms with Crippen molar-refractivity contribution in [3.63, 3.8) is 0 Å². The second-order valence-electron chi connectivity index (χ2n) is 7.45. The lowest BCUT2D eigenvalue weighted by Crippen LogP contribution is -2.26. The van der Waals surface area contributed by atoms with Gasteiger partial charge >= 0.3 is 0 Å². The molecule has 29 heavy (non-hydrogen) atoms. The van der Waals surface area contributed by atoms with Gasteiger partial charge in [0.15, 0.2) is 5.82 Å². The fourth-order valence-electron chi connectivity index (χ4n) is 3.94. The van der Waals surface area contributed by atoms with Crippen LogP contribution in [0.15, 0.2) is 43.2 Å². The molecule has 1 fully saturated rings. The molecule has 0 spiro atoms. The van der Waals surface area contributed by atoms with Gasteiger partial charge in [0.1, 0.15) is 17.0 Å². The molecular weight excluding hydrogens is 362 g/mol. The molecule has 1 aliphatic heterocycles. The number of carbonyl (C=O) groups excluding carboxylic acids is 1. The molecule has 4 rings (SSSR count). The molecule has 6 nitrogen and oxygen atoms in total. The number of nitrogens with two attached hydrogens (primary N) is 1. The first-order chi connectivity index (χ1) is 14.0. The monoisotopic (exact) mass is 385 g/mol. The van der Waals surface area contributed by atoms with Crippen molar-refractivity contribution < 1.29 is 4.79 Å². The largest absolute Gasteiger partial charge is 0.382 e. The summed E-state index contributed by atoms with van der Waals surface area (Å²) in [7, 11) is 0. The van der Waals surface area contributed by atoms with Crippen LogP contribution in [0.2, 0.25) is 0 Å². The number of anilines is 1. The molecule has 0 aliphatic carbocycles. The summed E-state index contributed by atoms with van der Waals surface area (Å²) in [5.41, 5.74) is 10.8. The van der Waals surface area contributed by atoms with Gasteiger partial charge < -0.3 is 10.6 Å². The molecule has 1 amide bonds. The third-order valence-corrected chi connectivity index (χ3v) is 5.20. The minimum Gasteiger partial charge on any atom is -0.382 e. The molecule has 6 heteroatoms. The Morgan fingerprint density at radius 1 is 1.28 bits per heavy atom. The van der Waals surface area contributed by atoms with Gasteiger partial charge in [0.05, 0.1) is 0 Å². The normalized spacial score (nSPS) is 15.9. The van der Waals surface area contributed by atoms with Crippen molar-refractivity contribution in [2.24, 2.45) is 0 Å². The topological polar surface area (TPSA) is 76.5 Å². The van der Waals surface area contributed by atoms with Gasteiger partial charge in [-0.1, -0.05) is 18.6 Å². The van der Waals surface area contributed by atoms with Crippen molar-refractivity contribution in [2.75, 3.05) is 18.8 Å².